The lowest BCUT2D eigenvalue weighted by Gasteiger charge is -2.27. The first-order chi connectivity index (χ1) is 17.1. The third-order valence-electron chi connectivity index (χ3n) is 5.92. The van der Waals surface area contributed by atoms with Gasteiger partial charge in [0.1, 0.15) is 0 Å². The summed E-state index contributed by atoms with van der Waals surface area (Å²) in [6.45, 7) is 0.380. The highest BCUT2D eigenvalue weighted by atomic mass is 35.5. The molecular weight excluding hydrogens is 468 g/mol. The highest BCUT2D eigenvalue weighted by Crippen LogP contribution is 2.38. The van der Waals surface area contributed by atoms with Gasteiger partial charge in [0.25, 0.3) is 0 Å². The first kappa shape index (κ1) is 24.6. The molecule has 2 aromatic carbocycles. The fourth-order valence-electron chi connectivity index (χ4n) is 4.12. The number of urea groups is 1. The molecule has 0 spiro atoms. The van der Waals surface area contributed by atoms with Crippen molar-refractivity contribution in [1.29, 1.82) is 0 Å². The van der Waals surface area contributed by atoms with Crippen molar-refractivity contribution in [3.63, 3.8) is 0 Å². The summed E-state index contributed by atoms with van der Waals surface area (Å²) in [4.78, 5) is 19.1. The molecule has 2 amide bonds. The molecule has 35 heavy (non-hydrogen) atoms. The third kappa shape index (κ3) is 6.15. The van der Waals surface area contributed by atoms with Crippen LogP contribution >= 0.6 is 11.6 Å². The maximum atomic E-state index is 13.4. The van der Waals surface area contributed by atoms with E-state index in [0.29, 0.717) is 35.2 Å². The predicted octanol–water partition coefficient (Wildman–Crippen LogP) is 6.07. The summed E-state index contributed by atoms with van der Waals surface area (Å²) in [5.41, 5.74) is 3.59. The van der Waals surface area contributed by atoms with Gasteiger partial charge < -0.3 is 25.5 Å². The molecule has 0 atom stereocenters. The smallest absolute Gasteiger partial charge is 0.327 e. The Bertz CT molecular complexity index is 1140. The summed E-state index contributed by atoms with van der Waals surface area (Å²) in [5.74, 6) is 1.30. The Kier molecular flexibility index (Phi) is 8.28. The van der Waals surface area contributed by atoms with Crippen LogP contribution in [0.4, 0.5) is 22.0 Å². The van der Waals surface area contributed by atoms with Crippen molar-refractivity contribution in [3.8, 4) is 11.5 Å². The number of nitrogens with zero attached hydrogens (tertiary/aromatic N) is 2. The summed E-state index contributed by atoms with van der Waals surface area (Å²) in [6, 6.07) is 15.5. The highest BCUT2D eigenvalue weighted by Gasteiger charge is 2.24. The van der Waals surface area contributed by atoms with Crippen LogP contribution < -0.4 is 25.2 Å². The van der Waals surface area contributed by atoms with Crippen molar-refractivity contribution in [2.75, 3.05) is 24.0 Å². The first-order valence-corrected chi connectivity index (χ1v) is 12.0. The maximum Gasteiger partial charge on any atom is 0.327 e. The minimum Gasteiger partial charge on any atom is -0.761 e. The van der Waals surface area contributed by atoms with Gasteiger partial charge in [0.05, 0.1) is 24.6 Å². The van der Waals surface area contributed by atoms with Crippen LogP contribution in [0.5, 0.6) is 11.5 Å². The number of carbonyl (C=O) groups is 1. The van der Waals surface area contributed by atoms with E-state index in [4.69, 9.17) is 21.1 Å². The van der Waals surface area contributed by atoms with E-state index in [2.05, 4.69) is 10.3 Å². The van der Waals surface area contributed by atoms with Crippen molar-refractivity contribution in [2.45, 2.75) is 38.2 Å². The number of benzene rings is 2. The number of amides is 2. The van der Waals surface area contributed by atoms with Crippen LogP contribution in [0.3, 0.4) is 0 Å². The molecule has 1 aliphatic rings. The number of rotatable bonds is 9. The Balaban J connectivity index is 1.61. The van der Waals surface area contributed by atoms with E-state index < -0.39 is 6.03 Å². The second-order valence-corrected chi connectivity index (χ2v) is 8.72. The van der Waals surface area contributed by atoms with Crippen LogP contribution in [-0.2, 0) is 6.42 Å². The molecule has 1 aromatic heterocycles. The van der Waals surface area contributed by atoms with Gasteiger partial charge in [0.15, 0.2) is 17.3 Å². The number of pyridine rings is 1. The van der Waals surface area contributed by atoms with Crippen LogP contribution in [0, 0.1) is 5.21 Å². The molecule has 9 heteroatoms. The van der Waals surface area contributed by atoms with Gasteiger partial charge in [-0.05, 0) is 74.1 Å². The van der Waals surface area contributed by atoms with Crippen LogP contribution in [0.2, 0.25) is 5.02 Å². The van der Waals surface area contributed by atoms with Gasteiger partial charge in [-0.2, -0.15) is 0 Å². The van der Waals surface area contributed by atoms with Crippen LogP contribution in [0.1, 0.15) is 31.2 Å². The molecule has 2 N–H and O–H groups in total. The van der Waals surface area contributed by atoms with Gasteiger partial charge in [-0.3, -0.25) is 0 Å². The van der Waals surface area contributed by atoms with Crippen molar-refractivity contribution in [3.05, 3.63) is 76.6 Å². The summed E-state index contributed by atoms with van der Waals surface area (Å²) in [7, 11) is 1.58. The molecule has 0 unspecified atom stereocenters. The summed E-state index contributed by atoms with van der Waals surface area (Å²) >= 11 is 5.96. The molecule has 0 aliphatic heterocycles. The van der Waals surface area contributed by atoms with Gasteiger partial charge in [0, 0.05) is 23.8 Å². The molecule has 1 saturated carbocycles. The zero-order valence-electron chi connectivity index (χ0n) is 19.5. The number of methoxy groups -OCH3 is 1. The lowest BCUT2D eigenvalue weighted by molar-refractivity contribution is 0.201. The van der Waals surface area contributed by atoms with Crippen molar-refractivity contribution < 1.29 is 14.3 Å². The third-order valence-corrected chi connectivity index (χ3v) is 6.17. The van der Waals surface area contributed by atoms with Gasteiger partial charge >= 0.3 is 6.03 Å². The van der Waals surface area contributed by atoms with E-state index in [9.17, 15) is 10.0 Å². The topological polar surface area (TPSA) is 98.8 Å². The van der Waals surface area contributed by atoms with E-state index in [-0.39, 0.29) is 17.6 Å². The van der Waals surface area contributed by atoms with Crippen molar-refractivity contribution >= 4 is 34.8 Å². The number of nitrogens with one attached hydrogen (secondary N) is 2. The normalized spacial score (nSPS) is 13.3. The molecule has 1 heterocycles. The molecule has 3 aromatic rings. The van der Waals surface area contributed by atoms with Crippen LogP contribution in [-0.4, -0.2) is 30.8 Å². The average molecular weight is 496 g/mol. The number of hydrogen-bond donors (Lipinski definition) is 2. The SMILES string of the molecule is COc1ccc(N(C(=O)NCCc2ccc(Cl)cc2)c2ncccc2N[O-])cc1OC1CCCC1. The lowest BCUT2D eigenvalue weighted by atomic mass is 10.1. The number of aromatic nitrogens is 1. The molecule has 4 rings (SSSR count). The Morgan fingerprint density at radius 2 is 1.91 bits per heavy atom. The minimum absolute atomic E-state index is 0.106. The maximum absolute atomic E-state index is 13.4. The summed E-state index contributed by atoms with van der Waals surface area (Å²) in [5, 5.41) is 15.2. The molecular formula is C26H28ClN4O4-. The Hall–Kier alpha value is -3.49. The molecule has 184 valence electrons. The average Bonchev–Trinajstić information content (AvgIpc) is 3.39. The number of carbonyl (C=O) groups excluding carboxylic acids is 1. The monoisotopic (exact) mass is 495 g/mol. The lowest BCUT2D eigenvalue weighted by Crippen LogP contribution is -2.38. The second kappa shape index (κ2) is 11.8. The predicted molar refractivity (Wildman–Crippen MR) is 138 cm³/mol. The summed E-state index contributed by atoms with van der Waals surface area (Å²) in [6.07, 6.45) is 6.46. The van der Waals surface area contributed by atoms with E-state index in [1.54, 1.807) is 37.4 Å². The summed E-state index contributed by atoms with van der Waals surface area (Å²) < 4.78 is 11.7. The largest absolute Gasteiger partial charge is 0.761 e. The second-order valence-electron chi connectivity index (χ2n) is 8.28. The van der Waals surface area contributed by atoms with Gasteiger partial charge in [0.2, 0.25) is 0 Å². The van der Waals surface area contributed by atoms with Gasteiger partial charge in [-0.25, -0.2) is 14.7 Å². The fraction of sp³-hybridized carbons (Fsp3) is 0.308. The van der Waals surface area contributed by atoms with E-state index >= 15 is 0 Å². The Morgan fingerprint density at radius 1 is 1.14 bits per heavy atom. The fourth-order valence-corrected chi connectivity index (χ4v) is 4.24. The molecule has 8 nitrogen and oxygen atoms in total. The number of hydrogen-bond acceptors (Lipinski definition) is 6. The molecule has 0 bridgehead atoms. The van der Waals surface area contributed by atoms with Crippen LogP contribution in [0.25, 0.3) is 0 Å². The van der Waals surface area contributed by atoms with Gasteiger partial charge in [-0.15, -0.1) is 0 Å². The molecule has 0 saturated heterocycles. The first-order valence-electron chi connectivity index (χ1n) is 11.6. The number of halogens is 1. The minimum atomic E-state index is -0.425. The Labute approximate surface area is 209 Å². The van der Waals surface area contributed by atoms with Crippen LogP contribution in [0.15, 0.2) is 60.8 Å². The zero-order valence-corrected chi connectivity index (χ0v) is 20.3. The quantitative estimate of drug-likeness (QED) is 0.350. The Morgan fingerprint density at radius 3 is 2.63 bits per heavy atom. The molecule has 0 radical (unpaired) electrons. The van der Waals surface area contributed by atoms with Gasteiger partial charge in [-0.1, -0.05) is 23.7 Å². The zero-order chi connectivity index (χ0) is 24.6. The number of anilines is 3. The molecule has 1 aliphatic carbocycles. The van der Waals surface area contributed by atoms with E-state index in [1.807, 2.05) is 29.7 Å². The van der Waals surface area contributed by atoms with E-state index in [0.717, 1.165) is 31.2 Å². The molecule has 1 fully saturated rings. The van der Waals surface area contributed by atoms with Crippen molar-refractivity contribution in [2.24, 2.45) is 0 Å². The van der Waals surface area contributed by atoms with Crippen molar-refractivity contribution in [1.82, 2.24) is 10.3 Å². The highest BCUT2D eigenvalue weighted by molar-refractivity contribution is 6.30. The standard InChI is InChI=1S/C26H28ClN4O4/c1-34-23-13-12-20(17-24(23)35-21-5-2-3-6-21)31(25-22(30-33)7-4-15-28-25)26(32)29-16-14-18-8-10-19(27)11-9-18/h4,7-13,15,17,21,30H,2-3,5-6,14,16H2,1H3,(H,29,32)/q-1. The number of ether oxygens (including phenoxy) is 2. The van der Waals surface area contributed by atoms with E-state index in [1.165, 1.54) is 11.1 Å².